The van der Waals surface area contributed by atoms with Crippen LogP contribution in [0.2, 0.25) is 0 Å². The minimum Gasteiger partial charge on any atom is -0.299 e. The van der Waals surface area contributed by atoms with Crippen LogP contribution in [0.3, 0.4) is 0 Å². The van der Waals surface area contributed by atoms with Crippen molar-refractivity contribution in [2.24, 2.45) is 5.41 Å². The van der Waals surface area contributed by atoms with Crippen molar-refractivity contribution in [1.29, 1.82) is 0 Å². The van der Waals surface area contributed by atoms with Gasteiger partial charge in [-0.2, -0.15) is 0 Å². The third kappa shape index (κ3) is 0.943. The third-order valence-electron chi connectivity index (χ3n) is 3.27. The summed E-state index contributed by atoms with van der Waals surface area (Å²) >= 11 is 0. The van der Waals surface area contributed by atoms with Gasteiger partial charge in [-0.1, -0.05) is 18.6 Å². The van der Waals surface area contributed by atoms with Gasteiger partial charge in [0.2, 0.25) is 0 Å². The lowest BCUT2D eigenvalue weighted by molar-refractivity contribution is -0.134. The minimum atomic E-state index is 0.140. The minimum absolute atomic E-state index is 0.140. The van der Waals surface area contributed by atoms with Gasteiger partial charge in [-0.3, -0.25) is 4.79 Å². The fourth-order valence-electron chi connectivity index (χ4n) is 2.19. The predicted octanol–water partition coefficient (Wildman–Crippen LogP) is 2.47. The molecule has 0 amide bonds. The molecule has 0 aromatic rings. The second-order valence-electron chi connectivity index (χ2n) is 3.98. The highest BCUT2D eigenvalue weighted by Gasteiger charge is 2.45. The summed E-state index contributed by atoms with van der Waals surface area (Å²) in [6, 6.07) is 0. The van der Waals surface area contributed by atoms with Crippen LogP contribution in [0.5, 0.6) is 0 Å². The molecule has 0 atom stereocenters. The number of carbonyl (C=O) groups excluding carboxylic acids is 1. The molecule has 2 aliphatic carbocycles. The molecule has 0 aromatic heterocycles. The molecular formula is C10H14O. The Balaban J connectivity index is 2.13. The SMILES string of the molecule is C=C1CCC2(CCC2)C(=O)C1. The Hall–Kier alpha value is -0.590. The van der Waals surface area contributed by atoms with E-state index in [0.717, 1.165) is 31.3 Å². The second kappa shape index (κ2) is 2.20. The first-order valence-electron chi connectivity index (χ1n) is 4.43. The third-order valence-corrected chi connectivity index (χ3v) is 3.27. The van der Waals surface area contributed by atoms with Crippen LogP contribution in [0, 0.1) is 5.41 Å². The molecule has 60 valence electrons. The van der Waals surface area contributed by atoms with Crippen molar-refractivity contribution >= 4 is 5.78 Å². The molecule has 0 heterocycles. The molecule has 11 heavy (non-hydrogen) atoms. The predicted molar refractivity (Wildman–Crippen MR) is 44.3 cm³/mol. The molecule has 0 bridgehead atoms. The fourth-order valence-corrected chi connectivity index (χ4v) is 2.19. The number of hydrogen-bond acceptors (Lipinski definition) is 1. The van der Waals surface area contributed by atoms with Gasteiger partial charge in [-0.15, -0.1) is 0 Å². The Morgan fingerprint density at radius 3 is 2.45 bits per heavy atom. The van der Waals surface area contributed by atoms with Crippen molar-refractivity contribution in [1.82, 2.24) is 0 Å². The van der Waals surface area contributed by atoms with Crippen LogP contribution in [0.4, 0.5) is 0 Å². The van der Waals surface area contributed by atoms with Gasteiger partial charge in [0.1, 0.15) is 5.78 Å². The van der Waals surface area contributed by atoms with Crippen LogP contribution in [-0.4, -0.2) is 5.78 Å². The van der Waals surface area contributed by atoms with Crippen molar-refractivity contribution in [2.75, 3.05) is 0 Å². The maximum atomic E-state index is 11.5. The van der Waals surface area contributed by atoms with E-state index in [9.17, 15) is 4.79 Å². The first-order valence-corrected chi connectivity index (χ1v) is 4.43. The van der Waals surface area contributed by atoms with Crippen LogP contribution in [-0.2, 0) is 4.79 Å². The first kappa shape index (κ1) is 7.08. The molecule has 0 aromatic carbocycles. The summed E-state index contributed by atoms with van der Waals surface area (Å²) in [6.45, 7) is 3.87. The lowest BCUT2D eigenvalue weighted by Gasteiger charge is -2.43. The average molecular weight is 150 g/mol. The quantitative estimate of drug-likeness (QED) is 0.485. The normalized spacial score (nSPS) is 28.7. The molecule has 2 aliphatic rings. The zero-order valence-corrected chi connectivity index (χ0v) is 6.86. The number of Topliss-reactive ketones (excluding diaryl/α,β-unsaturated/α-hetero) is 1. The summed E-state index contributed by atoms with van der Waals surface area (Å²) in [7, 11) is 0. The van der Waals surface area contributed by atoms with Crippen molar-refractivity contribution in [3.05, 3.63) is 12.2 Å². The summed E-state index contributed by atoms with van der Waals surface area (Å²) in [4.78, 5) is 11.5. The summed E-state index contributed by atoms with van der Waals surface area (Å²) in [5, 5.41) is 0. The van der Waals surface area contributed by atoms with E-state index in [1.807, 2.05) is 0 Å². The molecule has 2 saturated carbocycles. The van der Waals surface area contributed by atoms with E-state index >= 15 is 0 Å². The average Bonchev–Trinajstić information content (AvgIpc) is 1.84. The number of carbonyl (C=O) groups is 1. The topological polar surface area (TPSA) is 17.1 Å². The number of ketones is 1. The molecule has 2 fully saturated rings. The fraction of sp³-hybridized carbons (Fsp3) is 0.700. The van der Waals surface area contributed by atoms with Crippen LogP contribution >= 0.6 is 0 Å². The van der Waals surface area contributed by atoms with E-state index in [0.29, 0.717) is 12.2 Å². The summed E-state index contributed by atoms with van der Waals surface area (Å²) in [5.74, 6) is 0.472. The van der Waals surface area contributed by atoms with Crippen molar-refractivity contribution < 1.29 is 4.79 Å². The number of hydrogen-bond donors (Lipinski definition) is 0. The monoisotopic (exact) mass is 150 g/mol. The lowest BCUT2D eigenvalue weighted by atomic mass is 9.59. The molecule has 0 unspecified atom stereocenters. The van der Waals surface area contributed by atoms with E-state index in [1.54, 1.807) is 0 Å². The van der Waals surface area contributed by atoms with Crippen molar-refractivity contribution in [3.8, 4) is 0 Å². The number of allylic oxidation sites excluding steroid dienone is 1. The van der Waals surface area contributed by atoms with Crippen LogP contribution in [0.15, 0.2) is 12.2 Å². The standard InChI is InChI=1S/C10H14O/c1-8-3-6-10(4-2-5-10)9(11)7-8/h1-7H2. The highest BCUT2D eigenvalue weighted by Crippen LogP contribution is 2.49. The van der Waals surface area contributed by atoms with Gasteiger partial charge in [-0.25, -0.2) is 0 Å². The molecule has 0 radical (unpaired) electrons. The Labute approximate surface area is 67.5 Å². The van der Waals surface area contributed by atoms with E-state index < -0.39 is 0 Å². The van der Waals surface area contributed by atoms with E-state index in [4.69, 9.17) is 0 Å². The maximum Gasteiger partial charge on any atom is 0.143 e. The maximum absolute atomic E-state index is 11.5. The lowest BCUT2D eigenvalue weighted by Crippen LogP contribution is -2.40. The molecule has 1 nitrogen and oxygen atoms in total. The molecule has 2 rings (SSSR count). The van der Waals surface area contributed by atoms with Crippen LogP contribution in [0.25, 0.3) is 0 Å². The Kier molecular flexibility index (Phi) is 1.41. The van der Waals surface area contributed by atoms with Crippen molar-refractivity contribution in [2.45, 2.75) is 38.5 Å². The Bertz CT molecular complexity index is 211. The summed E-state index contributed by atoms with van der Waals surface area (Å²) < 4.78 is 0. The smallest absolute Gasteiger partial charge is 0.143 e. The van der Waals surface area contributed by atoms with Crippen LogP contribution < -0.4 is 0 Å². The molecule has 1 spiro atoms. The van der Waals surface area contributed by atoms with Gasteiger partial charge in [-0.05, 0) is 25.7 Å². The van der Waals surface area contributed by atoms with Gasteiger partial charge in [0, 0.05) is 11.8 Å². The highest BCUT2D eigenvalue weighted by molar-refractivity contribution is 5.88. The largest absolute Gasteiger partial charge is 0.299 e. The van der Waals surface area contributed by atoms with Gasteiger partial charge >= 0.3 is 0 Å². The van der Waals surface area contributed by atoms with Gasteiger partial charge in [0.25, 0.3) is 0 Å². The summed E-state index contributed by atoms with van der Waals surface area (Å²) in [6.07, 6.45) is 6.41. The zero-order valence-electron chi connectivity index (χ0n) is 6.86. The zero-order chi connectivity index (χ0) is 7.90. The highest BCUT2D eigenvalue weighted by atomic mass is 16.1. The van der Waals surface area contributed by atoms with E-state index in [2.05, 4.69) is 6.58 Å². The van der Waals surface area contributed by atoms with Gasteiger partial charge < -0.3 is 0 Å². The molecule has 1 heteroatoms. The first-order chi connectivity index (χ1) is 5.23. The van der Waals surface area contributed by atoms with Crippen molar-refractivity contribution in [3.63, 3.8) is 0 Å². The van der Waals surface area contributed by atoms with Gasteiger partial charge in [0.05, 0.1) is 0 Å². The van der Waals surface area contributed by atoms with Gasteiger partial charge in [0.15, 0.2) is 0 Å². The molecule has 0 aliphatic heterocycles. The summed E-state index contributed by atoms with van der Waals surface area (Å²) in [5.41, 5.74) is 1.29. The molecule has 0 N–H and O–H groups in total. The molecule has 0 saturated heterocycles. The Morgan fingerprint density at radius 2 is 2.00 bits per heavy atom. The number of rotatable bonds is 0. The second-order valence-corrected chi connectivity index (χ2v) is 3.98. The molecular weight excluding hydrogens is 136 g/mol. The van der Waals surface area contributed by atoms with E-state index in [1.165, 1.54) is 6.42 Å². The van der Waals surface area contributed by atoms with E-state index in [-0.39, 0.29) is 5.41 Å². The van der Waals surface area contributed by atoms with Crippen LogP contribution in [0.1, 0.15) is 38.5 Å². The Morgan fingerprint density at radius 1 is 1.27 bits per heavy atom.